The van der Waals surface area contributed by atoms with E-state index in [-0.39, 0.29) is 14.9 Å². The number of nitrogens with one attached hydrogen (secondary N) is 1. The van der Waals surface area contributed by atoms with Gasteiger partial charge in [0.05, 0.1) is 36.2 Å². The Morgan fingerprint density at radius 3 is 2.12 bits per heavy atom. The lowest BCUT2D eigenvalue weighted by Gasteiger charge is -2.32. The van der Waals surface area contributed by atoms with Crippen molar-refractivity contribution in [1.82, 2.24) is 4.31 Å². The van der Waals surface area contributed by atoms with Crippen LogP contribution < -0.4 is 4.90 Å². The van der Waals surface area contributed by atoms with Crippen molar-refractivity contribution in [2.75, 3.05) is 26.2 Å². The molecule has 2 aromatic carbocycles. The molecule has 2 aromatic rings. The van der Waals surface area contributed by atoms with Crippen LogP contribution in [0.25, 0.3) is 0 Å². The molecule has 1 aliphatic rings. The molecule has 0 radical (unpaired) electrons. The molecule has 0 spiro atoms. The summed E-state index contributed by atoms with van der Waals surface area (Å²) in [5.74, 6) is 0. The standard InChI is InChI=1S/C18H20Cl2N2O2S/c1-14-5-7-15(8-6-14)13-21-9-11-22(12-10-21)25(23,24)18-16(19)3-2-4-17(18)20/h2-8H,9-13H2,1H3/p+1. The number of quaternary nitrogens is 1. The number of aryl methyl sites for hydroxylation is 1. The normalized spacial score (nSPS) is 16.9. The smallest absolute Gasteiger partial charge is 0.246 e. The van der Waals surface area contributed by atoms with Gasteiger partial charge < -0.3 is 4.90 Å². The maximum atomic E-state index is 12.9. The van der Waals surface area contributed by atoms with Gasteiger partial charge in [-0.3, -0.25) is 0 Å². The largest absolute Gasteiger partial charge is 0.329 e. The number of nitrogens with zero attached hydrogens (tertiary/aromatic N) is 1. The molecule has 0 unspecified atom stereocenters. The minimum Gasteiger partial charge on any atom is -0.329 e. The third-order valence-corrected chi connectivity index (χ3v) is 7.38. The molecule has 0 aliphatic carbocycles. The van der Waals surface area contributed by atoms with Gasteiger partial charge in [0, 0.05) is 5.56 Å². The Hall–Kier alpha value is -1.11. The molecule has 0 amide bonds. The van der Waals surface area contributed by atoms with Crippen molar-refractivity contribution in [2.45, 2.75) is 18.4 Å². The van der Waals surface area contributed by atoms with Crippen LogP contribution >= 0.6 is 23.2 Å². The van der Waals surface area contributed by atoms with Crippen molar-refractivity contribution in [3.63, 3.8) is 0 Å². The topological polar surface area (TPSA) is 41.8 Å². The van der Waals surface area contributed by atoms with Crippen LogP contribution in [0.2, 0.25) is 10.0 Å². The summed E-state index contributed by atoms with van der Waals surface area (Å²) < 4.78 is 27.2. The Balaban J connectivity index is 1.68. The van der Waals surface area contributed by atoms with Crippen LogP contribution in [-0.2, 0) is 16.6 Å². The van der Waals surface area contributed by atoms with Crippen LogP contribution in [0.4, 0.5) is 0 Å². The molecule has 0 atom stereocenters. The number of hydrogen-bond acceptors (Lipinski definition) is 2. The minimum absolute atomic E-state index is 0.0142. The second kappa shape index (κ2) is 7.64. The van der Waals surface area contributed by atoms with E-state index in [0.717, 1.165) is 19.6 Å². The van der Waals surface area contributed by atoms with Gasteiger partial charge in [0.25, 0.3) is 0 Å². The summed E-state index contributed by atoms with van der Waals surface area (Å²) in [6, 6.07) is 13.2. The molecule has 1 fully saturated rings. The molecular weight excluding hydrogens is 379 g/mol. The first-order chi connectivity index (χ1) is 11.9. The van der Waals surface area contributed by atoms with Gasteiger partial charge >= 0.3 is 0 Å². The van der Waals surface area contributed by atoms with Crippen LogP contribution in [0, 0.1) is 6.92 Å². The van der Waals surface area contributed by atoms with E-state index in [1.54, 1.807) is 18.2 Å². The summed E-state index contributed by atoms with van der Waals surface area (Å²) in [5, 5.41) is 0.337. The highest BCUT2D eigenvalue weighted by Gasteiger charge is 2.33. The van der Waals surface area contributed by atoms with Gasteiger partial charge in [0.15, 0.2) is 0 Å². The number of halogens is 2. The first-order valence-corrected chi connectivity index (χ1v) is 10.4. The predicted octanol–water partition coefficient (Wildman–Crippen LogP) is 2.39. The molecule has 1 N–H and O–H groups in total. The average Bonchev–Trinajstić information content (AvgIpc) is 2.57. The van der Waals surface area contributed by atoms with E-state index >= 15 is 0 Å². The molecule has 4 nitrogen and oxygen atoms in total. The average molecular weight is 400 g/mol. The van der Waals surface area contributed by atoms with Crippen LogP contribution in [0.3, 0.4) is 0 Å². The van der Waals surface area contributed by atoms with E-state index in [4.69, 9.17) is 23.2 Å². The Labute approximate surface area is 159 Å². The summed E-state index contributed by atoms with van der Waals surface area (Å²) in [7, 11) is -3.67. The van der Waals surface area contributed by atoms with Gasteiger partial charge in [-0.15, -0.1) is 0 Å². The highest BCUT2D eigenvalue weighted by Crippen LogP contribution is 2.31. The number of rotatable bonds is 4. The lowest BCUT2D eigenvalue weighted by molar-refractivity contribution is -0.917. The quantitative estimate of drug-likeness (QED) is 0.857. The molecule has 25 heavy (non-hydrogen) atoms. The third kappa shape index (κ3) is 4.18. The first kappa shape index (κ1) is 18.7. The molecule has 1 heterocycles. The van der Waals surface area contributed by atoms with E-state index in [1.165, 1.54) is 20.3 Å². The fourth-order valence-corrected chi connectivity index (χ4v) is 5.61. The maximum absolute atomic E-state index is 12.9. The van der Waals surface area contributed by atoms with E-state index < -0.39 is 10.0 Å². The fourth-order valence-electron chi connectivity index (χ4n) is 3.07. The van der Waals surface area contributed by atoms with Crippen molar-refractivity contribution in [2.24, 2.45) is 0 Å². The predicted molar refractivity (Wildman–Crippen MR) is 101 cm³/mol. The zero-order valence-corrected chi connectivity index (χ0v) is 16.3. The van der Waals surface area contributed by atoms with E-state index in [1.807, 2.05) is 0 Å². The SMILES string of the molecule is Cc1ccc(C[NH+]2CCN(S(=O)(=O)c3c(Cl)cccc3Cl)CC2)cc1. The van der Waals surface area contributed by atoms with E-state index in [2.05, 4.69) is 31.2 Å². The molecule has 1 aliphatic heterocycles. The third-order valence-electron chi connectivity index (χ3n) is 4.52. The van der Waals surface area contributed by atoms with Gasteiger partial charge in [-0.25, -0.2) is 8.42 Å². The molecular formula is C18H21Cl2N2O2S+. The minimum atomic E-state index is -3.67. The monoisotopic (exact) mass is 399 g/mol. The highest BCUT2D eigenvalue weighted by molar-refractivity contribution is 7.89. The maximum Gasteiger partial charge on any atom is 0.246 e. The van der Waals surface area contributed by atoms with Crippen molar-refractivity contribution >= 4 is 33.2 Å². The van der Waals surface area contributed by atoms with Gasteiger partial charge in [-0.05, 0) is 19.1 Å². The summed E-state index contributed by atoms with van der Waals surface area (Å²) in [4.78, 5) is 1.39. The Kier molecular flexibility index (Phi) is 5.71. The van der Waals surface area contributed by atoms with Crippen LogP contribution in [0.5, 0.6) is 0 Å². The van der Waals surface area contributed by atoms with Crippen LogP contribution in [0.15, 0.2) is 47.4 Å². The van der Waals surface area contributed by atoms with E-state index in [9.17, 15) is 8.42 Å². The zero-order valence-electron chi connectivity index (χ0n) is 14.0. The van der Waals surface area contributed by atoms with Crippen LogP contribution in [0.1, 0.15) is 11.1 Å². The van der Waals surface area contributed by atoms with Gasteiger partial charge in [-0.1, -0.05) is 59.1 Å². The number of hydrogen-bond donors (Lipinski definition) is 1. The molecule has 3 rings (SSSR count). The first-order valence-electron chi connectivity index (χ1n) is 8.21. The number of piperazine rings is 1. The molecule has 0 bridgehead atoms. The van der Waals surface area contributed by atoms with Gasteiger partial charge in [0.1, 0.15) is 11.4 Å². The molecule has 0 saturated carbocycles. The van der Waals surface area contributed by atoms with E-state index in [0.29, 0.717) is 13.1 Å². The van der Waals surface area contributed by atoms with Crippen molar-refractivity contribution in [1.29, 1.82) is 0 Å². The van der Waals surface area contributed by atoms with Crippen LogP contribution in [-0.4, -0.2) is 38.9 Å². The second-order valence-corrected chi connectivity index (χ2v) is 9.06. The molecule has 134 valence electrons. The fraction of sp³-hybridized carbons (Fsp3) is 0.333. The summed E-state index contributed by atoms with van der Waals surface area (Å²) >= 11 is 12.2. The lowest BCUT2D eigenvalue weighted by Crippen LogP contribution is -3.13. The van der Waals surface area contributed by atoms with Crippen molar-refractivity contribution in [3.05, 3.63) is 63.6 Å². The number of sulfonamides is 1. The number of benzene rings is 2. The summed E-state index contributed by atoms with van der Waals surface area (Å²) in [5.41, 5.74) is 2.51. The molecule has 0 aromatic heterocycles. The van der Waals surface area contributed by atoms with Crippen molar-refractivity contribution < 1.29 is 13.3 Å². The Bertz CT molecular complexity index is 826. The Morgan fingerprint density at radius 1 is 1.00 bits per heavy atom. The summed E-state index contributed by atoms with van der Waals surface area (Å²) in [6.45, 7) is 5.42. The lowest BCUT2D eigenvalue weighted by atomic mass is 10.1. The zero-order chi connectivity index (χ0) is 18.0. The molecule has 1 saturated heterocycles. The summed E-state index contributed by atoms with van der Waals surface area (Å²) in [6.07, 6.45) is 0. The Morgan fingerprint density at radius 2 is 1.56 bits per heavy atom. The van der Waals surface area contributed by atoms with Crippen molar-refractivity contribution in [3.8, 4) is 0 Å². The van der Waals surface area contributed by atoms with Gasteiger partial charge in [0.2, 0.25) is 10.0 Å². The molecule has 7 heteroatoms. The highest BCUT2D eigenvalue weighted by atomic mass is 35.5. The van der Waals surface area contributed by atoms with Gasteiger partial charge in [-0.2, -0.15) is 4.31 Å². The second-order valence-electron chi connectivity index (χ2n) is 6.37.